The fourth-order valence-corrected chi connectivity index (χ4v) is 4.46. The summed E-state index contributed by atoms with van der Waals surface area (Å²) < 4.78 is 5.53. The van der Waals surface area contributed by atoms with Crippen LogP contribution in [0.25, 0.3) is 22.3 Å². The molecule has 0 amide bonds. The summed E-state index contributed by atoms with van der Waals surface area (Å²) >= 11 is 0. The number of nitrogens with zero attached hydrogens (tertiary/aromatic N) is 2. The van der Waals surface area contributed by atoms with Gasteiger partial charge in [0, 0.05) is 24.0 Å². The van der Waals surface area contributed by atoms with Crippen molar-refractivity contribution in [3.8, 4) is 17.1 Å². The van der Waals surface area contributed by atoms with E-state index in [1.54, 1.807) is 7.11 Å². The van der Waals surface area contributed by atoms with Crippen molar-refractivity contribution >= 4 is 16.7 Å². The van der Waals surface area contributed by atoms with E-state index in [9.17, 15) is 0 Å². The van der Waals surface area contributed by atoms with E-state index >= 15 is 0 Å². The van der Waals surface area contributed by atoms with Gasteiger partial charge >= 0.3 is 0 Å². The number of fused-ring (bicyclic) bond motifs is 2. The number of methoxy groups -OCH3 is 1. The maximum Gasteiger partial charge on any atom is 0.165 e. The van der Waals surface area contributed by atoms with E-state index in [0.29, 0.717) is 23.8 Å². The van der Waals surface area contributed by atoms with Crippen LogP contribution in [-0.2, 0) is 0 Å². The molecule has 1 saturated carbocycles. The summed E-state index contributed by atoms with van der Waals surface area (Å²) in [5, 5.41) is 4.80. The first-order valence-corrected chi connectivity index (χ1v) is 9.97. The van der Waals surface area contributed by atoms with Gasteiger partial charge in [-0.15, -0.1) is 0 Å². The predicted octanol–water partition coefficient (Wildman–Crippen LogP) is 3.36. The quantitative estimate of drug-likeness (QED) is 0.650. The molecule has 3 aromatic rings. The maximum absolute atomic E-state index is 5.53. The van der Waals surface area contributed by atoms with E-state index in [2.05, 4.69) is 22.2 Å². The number of aromatic nitrogens is 2. The van der Waals surface area contributed by atoms with E-state index in [1.165, 1.54) is 6.42 Å². The van der Waals surface area contributed by atoms with Gasteiger partial charge in [0.2, 0.25) is 0 Å². The molecule has 1 aliphatic carbocycles. The second-order valence-corrected chi connectivity index (χ2v) is 7.66. The molecule has 2 fully saturated rings. The number of rotatable bonds is 4. The Morgan fingerprint density at radius 3 is 2.82 bits per heavy atom. The topological polar surface area (TPSA) is 71.1 Å². The van der Waals surface area contributed by atoms with Gasteiger partial charge in [-0.2, -0.15) is 0 Å². The minimum atomic E-state index is 0.423. The van der Waals surface area contributed by atoms with Crippen LogP contribution in [-0.4, -0.2) is 35.7 Å². The van der Waals surface area contributed by atoms with Crippen LogP contribution >= 0.6 is 0 Å². The fraction of sp³-hybridized carbons (Fsp3) is 0.364. The second-order valence-electron chi connectivity index (χ2n) is 7.66. The lowest BCUT2D eigenvalue weighted by molar-refractivity contribution is 0.314. The zero-order chi connectivity index (χ0) is 18.9. The molecule has 0 radical (unpaired) electrons. The molecule has 2 heterocycles. The van der Waals surface area contributed by atoms with E-state index in [4.69, 9.17) is 14.7 Å². The molecule has 1 saturated heterocycles. The van der Waals surface area contributed by atoms with Crippen LogP contribution in [0.2, 0.25) is 0 Å². The number of para-hydroxylation sites is 2. The van der Waals surface area contributed by atoms with Crippen molar-refractivity contribution in [2.45, 2.75) is 31.3 Å². The number of hydrogen-bond acceptors (Lipinski definition) is 6. The van der Waals surface area contributed by atoms with Gasteiger partial charge in [0.25, 0.3) is 0 Å². The van der Waals surface area contributed by atoms with Crippen molar-refractivity contribution in [2.75, 3.05) is 19.0 Å². The summed E-state index contributed by atoms with van der Waals surface area (Å²) in [6, 6.07) is 17.1. The largest absolute Gasteiger partial charge is 0.496 e. The SMILES string of the molecule is COc1ccccc1-c1nc(NC2CCC3NNCC3C2)c2ccccc2n1. The smallest absolute Gasteiger partial charge is 0.165 e. The van der Waals surface area contributed by atoms with Gasteiger partial charge < -0.3 is 10.1 Å². The summed E-state index contributed by atoms with van der Waals surface area (Å²) in [5.41, 5.74) is 8.56. The van der Waals surface area contributed by atoms with Gasteiger partial charge in [0.05, 0.1) is 18.2 Å². The minimum absolute atomic E-state index is 0.423. The molecule has 5 rings (SSSR count). The lowest BCUT2D eigenvalue weighted by atomic mass is 9.83. The summed E-state index contributed by atoms with van der Waals surface area (Å²) in [6.07, 6.45) is 3.46. The summed E-state index contributed by atoms with van der Waals surface area (Å²) in [5.74, 6) is 3.06. The minimum Gasteiger partial charge on any atom is -0.496 e. The molecule has 0 bridgehead atoms. The van der Waals surface area contributed by atoms with E-state index in [1.807, 2.05) is 42.5 Å². The Bertz CT molecular complexity index is 992. The van der Waals surface area contributed by atoms with E-state index in [0.717, 1.165) is 47.4 Å². The number of anilines is 1. The van der Waals surface area contributed by atoms with Crippen molar-refractivity contribution in [1.82, 2.24) is 20.8 Å². The highest BCUT2D eigenvalue weighted by Gasteiger charge is 2.34. The highest BCUT2D eigenvalue weighted by Crippen LogP contribution is 2.33. The van der Waals surface area contributed by atoms with Crippen LogP contribution in [0, 0.1) is 5.92 Å². The zero-order valence-corrected chi connectivity index (χ0v) is 16.0. The van der Waals surface area contributed by atoms with Gasteiger partial charge in [-0.3, -0.25) is 10.9 Å². The Morgan fingerprint density at radius 1 is 1.04 bits per heavy atom. The molecular formula is C22H25N5O. The molecule has 1 aromatic heterocycles. The van der Waals surface area contributed by atoms with Crippen molar-refractivity contribution in [2.24, 2.45) is 5.92 Å². The summed E-state index contributed by atoms with van der Waals surface area (Å²) in [7, 11) is 1.68. The summed E-state index contributed by atoms with van der Waals surface area (Å²) in [4.78, 5) is 9.74. The molecule has 3 atom stereocenters. The first kappa shape index (κ1) is 17.4. The lowest BCUT2D eigenvalue weighted by Crippen LogP contribution is -2.39. The highest BCUT2D eigenvalue weighted by atomic mass is 16.5. The van der Waals surface area contributed by atoms with Crippen molar-refractivity contribution in [1.29, 1.82) is 0 Å². The van der Waals surface area contributed by atoms with Crippen LogP contribution in [0.5, 0.6) is 5.75 Å². The first-order valence-electron chi connectivity index (χ1n) is 9.97. The van der Waals surface area contributed by atoms with Crippen molar-refractivity contribution < 1.29 is 4.74 Å². The highest BCUT2D eigenvalue weighted by molar-refractivity contribution is 5.91. The molecule has 2 aromatic carbocycles. The van der Waals surface area contributed by atoms with Crippen LogP contribution in [0.15, 0.2) is 48.5 Å². The third kappa shape index (κ3) is 3.19. The average Bonchev–Trinajstić information content (AvgIpc) is 3.21. The lowest BCUT2D eigenvalue weighted by Gasteiger charge is -2.31. The Labute approximate surface area is 164 Å². The third-order valence-electron chi connectivity index (χ3n) is 5.93. The number of ether oxygens (including phenoxy) is 1. The maximum atomic E-state index is 5.53. The van der Waals surface area contributed by atoms with Crippen LogP contribution < -0.4 is 20.9 Å². The third-order valence-corrected chi connectivity index (χ3v) is 5.93. The number of nitrogens with one attached hydrogen (secondary N) is 3. The van der Waals surface area contributed by atoms with Crippen LogP contribution in [0.1, 0.15) is 19.3 Å². The normalized spacial score (nSPS) is 24.1. The van der Waals surface area contributed by atoms with Gasteiger partial charge in [-0.05, 0) is 49.4 Å². The monoisotopic (exact) mass is 375 g/mol. The molecule has 6 nitrogen and oxygen atoms in total. The van der Waals surface area contributed by atoms with Crippen LogP contribution in [0.3, 0.4) is 0 Å². The molecular weight excluding hydrogens is 350 g/mol. The standard InChI is InChI=1S/C22H25N5O/c1-28-20-9-5-3-7-17(20)22-25-19-8-4-2-6-16(19)21(26-22)24-15-10-11-18-14(12-15)13-23-27-18/h2-9,14-15,18,23,27H,10-13H2,1H3,(H,24,25,26). The number of benzene rings is 2. The molecule has 0 spiro atoms. The molecule has 3 unspecified atom stereocenters. The van der Waals surface area contributed by atoms with E-state index in [-0.39, 0.29) is 0 Å². The first-order chi connectivity index (χ1) is 13.8. The summed E-state index contributed by atoms with van der Waals surface area (Å²) in [6.45, 7) is 1.04. The molecule has 28 heavy (non-hydrogen) atoms. The average molecular weight is 375 g/mol. The number of hydrogen-bond donors (Lipinski definition) is 3. The Kier molecular flexibility index (Phi) is 4.58. The second kappa shape index (κ2) is 7.37. The predicted molar refractivity (Wildman–Crippen MR) is 111 cm³/mol. The van der Waals surface area contributed by atoms with Gasteiger partial charge in [-0.25, -0.2) is 9.97 Å². The van der Waals surface area contributed by atoms with E-state index < -0.39 is 0 Å². The van der Waals surface area contributed by atoms with Crippen molar-refractivity contribution in [3.63, 3.8) is 0 Å². The zero-order valence-electron chi connectivity index (χ0n) is 16.0. The van der Waals surface area contributed by atoms with Crippen LogP contribution in [0.4, 0.5) is 5.82 Å². The molecule has 1 aliphatic heterocycles. The molecule has 144 valence electrons. The van der Waals surface area contributed by atoms with Gasteiger partial charge in [0.15, 0.2) is 5.82 Å². The Balaban J connectivity index is 1.52. The Morgan fingerprint density at radius 2 is 1.89 bits per heavy atom. The molecule has 3 N–H and O–H groups in total. The molecule has 6 heteroatoms. The van der Waals surface area contributed by atoms with Gasteiger partial charge in [-0.1, -0.05) is 24.3 Å². The Hall–Kier alpha value is -2.70. The molecule has 2 aliphatic rings. The van der Waals surface area contributed by atoms with Crippen molar-refractivity contribution in [3.05, 3.63) is 48.5 Å². The number of hydrazine groups is 1. The van der Waals surface area contributed by atoms with Gasteiger partial charge in [0.1, 0.15) is 11.6 Å². The fourth-order valence-electron chi connectivity index (χ4n) is 4.46.